The highest BCUT2D eigenvalue weighted by atomic mass is 32.2. The summed E-state index contributed by atoms with van der Waals surface area (Å²) in [6, 6.07) is 15.9. The number of carbonyl (C=O) groups excluding carboxylic acids is 1. The number of pyridine rings is 1. The Kier molecular flexibility index (Phi) is 9.42. The van der Waals surface area contributed by atoms with Crippen LogP contribution in [0.25, 0.3) is 0 Å². The van der Waals surface area contributed by atoms with Gasteiger partial charge in [0.1, 0.15) is 28.2 Å². The second-order valence-corrected chi connectivity index (χ2v) is 10.4. The Balaban J connectivity index is 1.69. The summed E-state index contributed by atoms with van der Waals surface area (Å²) in [7, 11) is 0. The average Bonchev–Trinajstić information content (AvgIpc) is 3.45. The number of anilines is 1. The molecule has 2 aromatic heterocycles. The summed E-state index contributed by atoms with van der Waals surface area (Å²) in [5.74, 6) is 0.0814. The van der Waals surface area contributed by atoms with E-state index in [1.807, 2.05) is 36.4 Å². The van der Waals surface area contributed by atoms with Crippen molar-refractivity contribution in [3.63, 3.8) is 0 Å². The van der Waals surface area contributed by atoms with Crippen LogP contribution in [-0.2, 0) is 17.8 Å². The van der Waals surface area contributed by atoms with Gasteiger partial charge in [0.05, 0.1) is 23.7 Å². The lowest BCUT2D eigenvalue weighted by Gasteiger charge is -2.36. The highest BCUT2D eigenvalue weighted by molar-refractivity contribution is 8.00. The van der Waals surface area contributed by atoms with Gasteiger partial charge >= 0.3 is 0 Å². The van der Waals surface area contributed by atoms with Crippen molar-refractivity contribution in [2.75, 3.05) is 31.1 Å². The van der Waals surface area contributed by atoms with Crippen LogP contribution in [0.15, 0.2) is 58.4 Å². The first kappa shape index (κ1) is 27.3. The number of unbranched alkanes of at least 4 members (excludes halogenated alkanes) is 2. The second kappa shape index (κ2) is 13.1. The van der Waals surface area contributed by atoms with Gasteiger partial charge in [0.15, 0.2) is 0 Å². The summed E-state index contributed by atoms with van der Waals surface area (Å²) in [5.41, 5.74) is 9.23. The third kappa shape index (κ3) is 6.36. The smallest absolute Gasteiger partial charge is 0.235 e. The molecule has 9 heteroatoms. The lowest BCUT2D eigenvalue weighted by atomic mass is 9.98. The zero-order valence-corrected chi connectivity index (χ0v) is 22.4. The van der Waals surface area contributed by atoms with Crippen molar-refractivity contribution in [1.29, 1.82) is 10.5 Å². The standard InChI is InChI=1S/C29H32N6O2S/c1-2-3-5-10-23-24(17-30)28(35-14-12-34(13-15-35)19-21-11-16-37-20-21)33-29(25(23)18-31)38-26(27(32)36)22-8-6-4-7-9-22/h4,6-9,11,16,20,26H,2-3,5,10,12-15,19H2,1H3,(H2,32,36). The van der Waals surface area contributed by atoms with Gasteiger partial charge in [0.2, 0.25) is 5.91 Å². The average molecular weight is 529 g/mol. The molecule has 1 saturated heterocycles. The molecule has 38 heavy (non-hydrogen) atoms. The topological polar surface area (TPSA) is 123 Å². The minimum atomic E-state index is -0.702. The Morgan fingerprint density at radius 2 is 1.84 bits per heavy atom. The molecule has 0 radical (unpaired) electrons. The molecule has 8 nitrogen and oxygen atoms in total. The van der Waals surface area contributed by atoms with E-state index in [2.05, 4.69) is 28.9 Å². The van der Waals surface area contributed by atoms with Gasteiger partial charge in [0.25, 0.3) is 0 Å². The van der Waals surface area contributed by atoms with Gasteiger partial charge in [-0.05, 0) is 30.0 Å². The molecule has 0 spiro atoms. The molecule has 1 atom stereocenters. The molecule has 3 heterocycles. The Hall–Kier alpha value is -3.79. The van der Waals surface area contributed by atoms with Crippen molar-refractivity contribution in [2.45, 2.75) is 49.4 Å². The van der Waals surface area contributed by atoms with E-state index >= 15 is 0 Å². The fourth-order valence-corrected chi connectivity index (χ4v) is 5.79. The summed E-state index contributed by atoms with van der Waals surface area (Å²) in [6.07, 6.45) is 6.94. The number of carbonyl (C=O) groups is 1. The summed E-state index contributed by atoms with van der Waals surface area (Å²) in [4.78, 5) is 21.8. The number of rotatable bonds is 11. The van der Waals surface area contributed by atoms with Gasteiger partial charge in [-0.25, -0.2) is 4.98 Å². The summed E-state index contributed by atoms with van der Waals surface area (Å²) in [5, 5.41) is 20.2. The van der Waals surface area contributed by atoms with Crippen molar-refractivity contribution in [1.82, 2.24) is 9.88 Å². The molecule has 0 saturated carbocycles. The van der Waals surface area contributed by atoms with Crippen molar-refractivity contribution < 1.29 is 9.21 Å². The lowest BCUT2D eigenvalue weighted by molar-refractivity contribution is -0.117. The fraction of sp³-hybridized carbons (Fsp3) is 0.379. The largest absolute Gasteiger partial charge is 0.472 e. The van der Waals surface area contributed by atoms with E-state index in [0.29, 0.717) is 47.0 Å². The number of amides is 1. The van der Waals surface area contributed by atoms with Crippen molar-refractivity contribution in [2.24, 2.45) is 5.73 Å². The van der Waals surface area contributed by atoms with Crippen molar-refractivity contribution in [3.05, 3.63) is 76.7 Å². The van der Waals surface area contributed by atoms with Crippen LogP contribution in [0.3, 0.4) is 0 Å². The van der Waals surface area contributed by atoms with Crippen molar-refractivity contribution >= 4 is 23.5 Å². The zero-order chi connectivity index (χ0) is 26.9. The van der Waals surface area contributed by atoms with E-state index < -0.39 is 11.2 Å². The normalized spacial score (nSPS) is 14.6. The van der Waals surface area contributed by atoms with Crippen LogP contribution in [0.1, 0.15) is 59.3 Å². The third-order valence-electron chi connectivity index (χ3n) is 6.75. The van der Waals surface area contributed by atoms with Crippen LogP contribution >= 0.6 is 11.8 Å². The van der Waals surface area contributed by atoms with E-state index in [0.717, 1.165) is 50.0 Å². The molecular weight excluding hydrogens is 496 g/mol. The summed E-state index contributed by atoms with van der Waals surface area (Å²) < 4.78 is 5.20. The zero-order valence-electron chi connectivity index (χ0n) is 21.6. The first-order valence-corrected chi connectivity index (χ1v) is 13.8. The van der Waals surface area contributed by atoms with Gasteiger partial charge in [-0.2, -0.15) is 10.5 Å². The van der Waals surface area contributed by atoms with E-state index in [1.54, 1.807) is 12.5 Å². The fourth-order valence-electron chi connectivity index (χ4n) is 4.73. The number of hydrogen-bond acceptors (Lipinski definition) is 8. The van der Waals surface area contributed by atoms with Crippen LogP contribution < -0.4 is 10.6 Å². The summed E-state index contributed by atoms with van der Waals surface area (Å²) >= 11 is 1.19. The maximum Gasteiger partial charge on any atom is 0.235 e. The van der Waals surface area contributed by atoms with Crippen LogP contribution in [0.4, 0.5) is 5.82 Å². The van der Waals surface area contributed by atoms with Crippen LogP contribution in [0.5, 0.6) is 0 Å². The predicted molar refractivity (Wildman–Crippen MR) is 147 cm³/mol. The molecule has 0 bridgehead atoms. The predicted octanol–water partition coefficient (Wildman–Crippen LogP) is 4.79. The van der Waals surface area contributed by atoms with E-state index in [-0.39, 0.29) is 0 Å². The number of nitriles is 2. The first-order chi connectivity index (χ1) is 18.5. The van der Waals surface area contributed by atoms with E-state index in [4.69, 9.17) is 15.1 Å². The van der Waals surface area contributed by atoms with Crippen LogP contribution in [0, 0.1) is 22.7 Å². The Bertz CT molecular complexity index is 1310. The monoisotopic (exact) mass is 528 g/mol. The molecule has 1 aliphatic heterocycles. The molecule has 196 valence electrons. The molecule has 1 aliphatic rings. The minimum Gasteiger partial charge on any atom is -0.472 e. The van der Waals surface area contributed by atoms with E-state index in [1.165, 1.54) is 11.8 Å². The molecule has 1 unspecified atom stereocenters. The molecule has 3 aromatic rings. The quantitative estimate of drug-likeness (QED) is 0.278. The highest BCUT2D eigenvalue weighted by Gasteiger charge is 2.29. The number of aromatic nitrogens is 1. The number of benzene rings is 1. The van der Waals surface area contributed by atoms with Gasteiger partial charge < -0.3 is 15.1 Å². The Morgan fingerprint density at radius 1 is 1.11 bits per heavy atom. The van der Waals surface area contributed by atoms with Gasteiger partial charge in [-0.3, -0.25) is 9.69 Å². The van der Waals surface area contributed by atoms with Crippen molar-refractivity contribution in [3.8, 4) is 12.1 Å². The molecule has 0 aliphatic carbocycles. The third-order valence-corrected chi connectivity index (χ3v) is 8.01. The number of furan rings is 1. The number of nitrogens with two attached hydrogens (primary N) is 1. The molecule has 2 N–H and O–H groups in total. The highest BCUT2D eigenvalue weighted by Crippen LogP contribution is 2.40. The van der Waals surface area contributed by atoms with Gasteiger partial charge in [-0.15, -0.1) is 0 Å². The lowest BCUT2D eigenvalue weighted by Crippen LogP contribution is -2.46. The minimum absolute atomic E-state index is 0.368. The second-order valence-electron chi connectivity index (χ2n) is 9.36. The number of hydrogen-bond donors (Lipinski definition) is 1. The molecular formula is C29H32N6O2S. The maximum atomic E-state index is 12.5. The number of thioether (sulfide) groups is 1. The SMILES string of the molecule is CCCCCc1c(C#N)c(SC(C(N)=O)c2ccccc2)nc(N2CCN(Cc3ccoc3)CC2)c1C#N. The molecule has 1 fully saturated rings. The van der Waals surface area contributed by atoms with Gasteiger partial charge in [0, 0.05) is 38.3 Å². The number of primary amides is 1. The Labute approximate surface area is 228 Å². The molecule has 1 amide bonds. The van der Waals surface area contributed by atoms with Crippen LogP contribution in [0.2, 0.25) is 0 Å². The number of piperazine rings is 1. The summed E-state index contributed by atoms with van der Waals surface area (Å²) in [6.45, 7) is 5.93. The van der Waals surface area contributed by atoms with Crippen LogP contribution in [-0.4, -0.2) is 42.0 Å². The number of nitrogens with zero attached hydrogens (tertiary/aromatic N) is 5. The van der Waals surface area contributed by atoms with E-state index in [9.17, 15) is 15.3 Å². The maximum absolute atomic E-state index is 12.5. The Morgan fingerprint density at radius 3 is 2.45 bits per heavy atom. The molecule has 1 aromatic carbocycles. The van der Waals surface area contributed by atoms with Gasteiger partial charge in [-0.1, -0.05) is 61.9 Å². The molecule has 4 rings (SSSR count). The first-order valence-electron chi connectivity index (χ1n) is 12.9.